The van der Waals surface area contributed by atoms with Crippen LogP contribution in [-0.4, -0.2) is 25.0 Å². The summed E-state index contributed by atoms with van der Waals surface area (Å²) in [5.74, 6) is -0.556. The summed E-state index contributed by atoms with van der Waals surface area (Å²) < 4.78 is 4.54. The lowest BCUT2D eigenvalue weighted by atomic mass is 10.1. The van der Waals surface area contributed by atoms with Crippen LogP contribution in [-0.2, 0) is 20.7 Å². The van der Waals surface area contributed by atoms with Crippen LogP contribution in [0.25, 0.3) is 0 Å². The van der Waals surface area contributed by atoms with Crippen molar-refractivity contribution in [2.45, 2.75) is 19.4 Å². The molecule has 1 amide bonds. The van der Waals surface area contributed by atoms with Crippen LogP contribution in [0.3, 0.4) is 0 Å². The fourth-order valence-corrected chi connectivity index (χ4v) is 1.42. The minimum absolute atomic E-state index is 0.121. The Kier molecular flexibility index (Phi) is 4.66. The van der Waals surface area contributed by atoms with Crippen LogP contribution in [0.4, 0.5) is 5.69 Å². The van der Waals surface area contributed by atoms with Crippen molar-refractivity contribution in [1.29, 1.82) is 0 Å². The fraction of sp³-hybridized carbons (Fsp3) is 0.333. The van der Waals surface area contributed by atoms with Crippen LogP contribution >= 0.6 is 0 Å². The smallest absolute Gasteiger partial charge is 0.322 e. The molecule has 5 heteroatoms. The van der Waals surface area contributed by atoms with Crippen LogP contribution < -0.4 is 11.1 Å². The molecule has 0 aliphatic heterocycles. The number of carbonyl (C=O) groups is 2. The van der Waals surface area contributed by atoms with E-state index in [0.29, 0.717) is 12.1 Å². The molecular formula is C12H16N2O3. The van der Waals surface area contributed by atoms with E-state index >= 15 is 0 Å². The quantitative estimate of drug-likeness (QED) is 0.753. The first kappa shape index (κ1) is 13.2. The third-order valence-electron chi connectivity index (χ3n) is 2.23. The SMILES string of the molecule is COC(=O)[C@@H](N)Cc1ccc(NC(C)=O)cc1. The van der Waals surface area contributed by atoms with Crippen molar-refractivity contribution in [2.24, 2.45) is 5.73 Å². The van der Waals surface area contributed by atoms with Crippen molar-refractivity contribution in [2.75, 3.05) is 12.4 Å². The highest BCUT2D eigenvalue weighted by Gasteiger charge is 2.13. The standard InChI is InChI=1S/C12H16N2O3/c1-8(15)14-10-5-3-9(4-6-10)7-11(13)12(16)17-2/h3-6,11H,7,13H2,1-2H3,(H,14,15)/t11-/m0/s1. The van der Waals surface area contributed by atoms with Gasteiger partial charge in [-0.25, -0.2) is 0 Å². The van der Waals surface area contributed by atoms with E-state index < -0.39 is 12.0 Å². The molecule has 0 aliphatic carbocycles. The maximum absolute atomic E-state index is 11.1. The largest absolute Gasteiger partial charge is 0.468 e. The zero-order valence-electron chi connectivity index (χ0n) is 9.90. The number of nitrogens with one attached hydrogen (secondary N) is 1. The molecule has 0 heterocycles. The molecule has 1 aromatic carbocycles. The highest BCUT2D eigenvalue weighted by Crippen LogP contribution is 2.11. The van der Waals surface area contributed by atoms with E-state index in [9.17, 15) is 9.59 Å². The van der Waals surface area contributed by atoms with E-state index in [1.807, 2.05) is 12.1 Å². The summed E-state index contributed by atoms with van der Waals surface area (Å²) in [6.45, 7) is 1.45. The lowest BCUT2D eigenvalue weighted by Gasteiger charge is -2.09. The molecule has 0 fully saturated rings. The normalized spacial score (nSPS) is 11.7. The van der Waals surface area contributed by atoms with E-state index in [2.05, 4.69) is 10.1 Å². The van der Waals surface area contributed by atoms with Crippen LogP contribution in [0.15, 0.2) is 24.3 Å². The lowest BCUT2D eigenvalue weighted by molar-refractivity contribution is -0.142. The molecule has 0 aromatic heterocycles. The van der Waals surface area contributed by atoms with E-state index in [1.54, 1.807) is 12.1 Å². The molecular weight excluding hydrogens is 220 g/mol. The summed E-state index contributed by atoms with van der Waals surface area (Å²) in [6, 6.07) is 6.50. The number of benzene rings is 1. The summed E-state index contributed by atoms with van der Waals surface area (Å²) in [4.78, 5) is 21.9. The Morgan fingerprint density at radius 2 is 1.94 bits per heavy atom. The van der Waals surface area contributed by atoms with E-state index in [-0.39, 0.29) is 5.91 Å². The summed E-state index contributed by atoms with van der Waals surface area (Å²) in [7, 11) is 1.31. The molecule has 92 valence electrons. The molecule has 0 spiro atoms. The van der Waals surface area contributed by atoms with Gasteiger partial charge in [-0.1, -0.05) is 12.1 Å². The molecule has 0 saturated carbocycles. The van der Waals surface area contributed by atoms with Gasteiger partial charge in [0.15, 0.2) is 0 Å². The fourth-order valence-electron chi connectivity index (χ4n) is 1.42. The minimum atomic E-state index is -0.661. The maximum Gasteiger partial charge on any atom is 0.322 e. The van der Waals surface area contributed by atoms with Gasteiger partial charge in [0.1, 0.15) is 6.04 Å². The van der Waals surface area contributed by atoms with Crippen LogP contribution in [0, 0.1) is 0 Å². The third-order valence-corrected chi connectivity index (χ3v) is 2.23. The van der Waals surface area contributed by atoms with Crippen molar-refractivity contribution < 1.29 is 14.3 Å². The van der Waals surface area contributed by atoms with Gasteiger partial charge < -0.3 is 15.8 Å². The lowest BCUT2D eigenvalue weighted by Crippen LogP contribution is -2.33. The Bertz CT molecular complexity index is 401. The third kappa shape index (κ3) is 4.24. The molecule has 0 saturated heterocycles. The number of nitrogens with two attached hydrogens (primary N) is 1. The number of esters is 1. The van der Waals surface area contributed by atoms with Crippen molar-refractivity contribution in [3.05, 3.63) is 29.8 Å². The Morgan fingerprint density at radius 3 is 2.41 bits per heavy atom. The molecule has 3 N–H and O–H groups in total. The van der Waals surface area contributed by atoms with E-state index in [1.165, 1.54) is 14.0 Å². The number of carbonyl (C=O) groups excluding carboxylic acids is 2. The minimum Gasteiger partial charge on any atom is -0.468 e. The summed E-state index contributed by atoms with van der Waals surface area (Å²) in [6.07, 6.45) is 0.410. The zero-order chi connectivity index (χ0) is 12.8. The number of hydrogen-bond acceptors (Lipinski definition) is 4. The molecule has 0 radical (unpaired) electrons. The van der Waals surface area contributed by atoms with E-state index in [0.717, 1.165) is 5.56 Å². The zero-order valence-corrected chi connectivity index (χ0v) is 9.90. The summed E-state index contributed by atoms with van der Waals surface area (Å²) in [5, 5.41) is 2.66. The molecule has 1 atom stereocenters. The molecule has 17 heavy (non-hydrogen) atoms. The second-order valence-corrected chi connectivity index (χ2v) is 3.71. The van der Waals surface area contributed by atoms with Gasteiger partial charge in [0.25, 0.3) is 0 Å². The predicted octanol–water partition coefficient (Wildman–Crippen LogP) is 0.688. The average molecular weight is 236 g/mol. The number of hydrogen-bond donors (Lipinski definition) is 2. The van der Waals surface area contributed by atoms with Crippen molar-refractivity contribution in [3.63, 3.8) is 0 Å². The summed E-state index contributed by atoms with van der Waals surface area (Å²) >= 11 is 0. The van der Waals surface area contributed by atoms with Gasteiger partial charge in [-0.05, 0) is 24.1 Å². The highest BCUT2D eigenvalue weighted by atomic mass is 16.5. The monoisotopic (exact) mass is 236 g/mol. The Balaban J connectivity index is 2.62. The van der Waals surface area contributed by atoms with E-state index in [4.69, 9.17) is 5.73 Å². The van der Waals surface area contributed by atoms with Crippen molar-refractivity contribution >= 4 is 17.6 Å². The Hall–Kier alpha value is -1.88. The van der Waals surface area contributed by atoms with Gasteiger partial charge in [-0.3, -0.25) is 9.59 Å². The highest BCUT2D eigenvalue weighted by molar-refractivity contribution is 5.88. The number of methoxy groups -OCH3 is 1. The number of rotatable bonds is 4. The average Bonchev–Trinajstić information content (AvgIpc) is 2.30. The topological polar surface area (TPSA) is 81.4 Å². The number of ether oxygens (including phenoxy) is 1. The molecule has 5 nitrogen and oxygen atoms in total. The second kappa shape index (κ2) is 6.00. The first-order chi connectivity index (χ1) is 8.02. The van der Waals surface area contributed by atoms with Gasteiger partial charge >= 0.3 is 5.97 Å². The van der Waals surface area contributed by atoms with Crippen LogP contribution in [0.2, 0.25) is 0 Å². The van der Waals surface area contributed by atoms with Crippen molar-refractivity contribution in [1.82, 2.24) is 0 Å². The predicted molar refractivity (Wildman–Crippen MR) is 64.4 cm³/mol. The molecule has 0 bridgehead atoms. The van der Waals surface area contributed by atoms with Crippen LogP contribution in [0.5, 0.6) is 0 Å². The first-order valence-electron chi connectivity index (χ1n) is 5.23. The molecule has 1 aromatic rings. The van der Waals surface area contributed by atoms with Gasteiger partial charge in [-0.2, -0.15) is 0 Å². The number of anilines is 1. The Labute approximate surface area is 99.9 Å². The number of amides is 1. The Morgan fingerprint density at radius 1 is 1.35 bits per heavy atom. The summed E-state index contributed by atoms with van der Waals surface area (Å²) in [5.41, 5.74) is 7.26. The van der Waals surface area contributed by atoms with Gasteiger partial charge in [0.05, 0.1) is 7.11 Å². The van der Waals surface area contributed by atoms with Gasteiger partial charge in [0, 0.05) is 12.6 Å². The molecule has 0 unspecified atom stereocenters. The second-order valence-electron chi connectivity index (χ2n) is 3.71. The molecule has 1 rings (SSSR count). The van der Waals surface area contributed by atoms with Gasteiger partial charge in [-0.15, -0.1) is 0 Å². The maximum atomic E-state index is 11.1. The van der Waals surface area contributed by atoms with Crippen molar-refractivity contribution in [3.8, 4) is 0 Å². The first-order valence-corrected chi connectivity index (χ1v) is 5.23. The molecule has 0 aliphatic rings. The van der Waals surface area contributed by atoms with Crippen LogP contribution in [0.1, 0.15) is 12.5 Å². The van der Waals surface area contributed by atoms with Gasteiger partial charge in [0.2, 0.25) is 5.91 Å².